The van der Waals surface area contributed by atoms with E-state index in [9.17, 15) is 0 Å². The fourth-order valence-electron chi connectivity index (χ4n) is 2.24. The van der Waals surface area contributed by atoms with E-state index in [1.165, 1.54) is 17.7 Å². The second-order valence-corrected chi connectivity index (χ2v) is 7.18. The van der Waals surface area contributed by atoms with Gasteiger partial charge in [-0.25, -0.2) is 0 Å². The Labute approximate surface area is 139 Å². The molecule has 1 heterocycles. The molecule has 3 rings (SSSR count). The molecule has 1 aromatic heterocycles. The van der Waals surface area contributed by atoms with Crippen LogP contribution >= 0.6 is 35.2 Å². The second kappa shape index (κ2) is 6.34. The van der Waals surface area contributed by atoms with E-state index >= 15 is 0 Å². The van der Waals surface area contributed by atoms with Crippen LogP contribution < -0.4 is 5.32 Å². The van der Waals surface area contributed by atoms with Gasteiger partial charge in [0.25, 0.3) is 0 Å². The van der Waals surface area contributed by atoms with Crippen LogP contribution in [0.4, 0.5) is 5.69 Å². The number of thiophene rings is 1. The average Bonchev–Trinajstić information content (AvgIpc) is 3.16. The average molecular weight is 337 g/mol. The Kier molecular flexibility index (Phi) is 4.48. The summed E-state index contributed by atoms with van der Waals surface area (Å²) < 4.78 is 0. The number of hydrogen-bond acceptors (Lipinski definition) is 2. The standard InChI is InChI=1S/C16H17ClN2S2/c1-11-4-5-12(17)9-15(11)18-16(20)19(13-6-7-13)10-14-3-2-8-21-14/h2-5,8-9,13H,6-7,10H2,1H3,(H,18,20). The topological polar surface area (TPSA) is 15.3 Å². The first-order valence-corrected chi connectivity index (χ1v) is 8.66. The van der Waals surface area contributed by atoms with E-state index in [4.69, 9.17) is 23.8 Å². The number of rotatable bonds is 4. The van der Waals surface area contributed by atoms with Gasteiger partial charge in [0.1, 0.15) is 0 Å². The molecule has 0 bridgehead atoms. The molecule has 1 aliphatic rings. The number of hydrogen-bond donors (Lipinski definition) is 1. The normalized spacial score (nSPS) is 14.0. The summed E-state index contributed by atoms with van der Waals surface area (Å²) in [5, 5.41) is 6.98. The van der Waals surface area contributed by atoms with Gasteiger partial charge in [-0.1, -0.05) is 23.7 Å². The Bertz CT molecular complexity index is 636. The Morgan fingerprint density at radius 3 is 2.90 bits per heavy atom. The molecule has 5 heteroatoms. The van der Waals surface area contributed by atoms with Crippen molar-refractivity contribution < 1.29 is 0 Å². The van der Waals surface area contributed by atoms with E-state index in [0.717, 1.165) is 27.9 Å². The predicted octanol–water partition coefficient (Wildman–Crippen LogP) is 5.07. The highest BCUT2D eigenvalue weighted by Crippen LogP contribution is 2.30. The van der Waals surface area contributed by atoms with Crippen LogP contribution in [0.5, 0.6) is 0 Å². The molecule has 21 heavy (non-hydrogen) atoms. The molecule has 0 atom stereocenters. The Morgan fingerprint density at radius 1 is 1.43 bits per heavy atom. The summed E-state index contributed by atoms with van der Waals surface area (Å²) in [7, 11) is 0. The van der Waals surface area contributed by atoms with Crippen LogP contribution in [0.2, 0.25) is 5.02 Å². The molecular weight excluding hydrogens is 320 g/mol. The van der Waals surface area contributed by atoms with Crippen molar-refractivity contribution in [3.8, 4) is 0 Å². The molecule has 2 nitrogen and oxygen atoms in total. The van der Waals surface area contributed by atoms with E-state index in [0.29, 0.717) is 6.04 Å². The zero-order valence-corrected chi connectivity index (χ0v) is 14.2. The maximum absolute atomic E-state index is 6.07. The van der Waals surface area contributed by atoms with Crippen LogP contribution in [-0.2, 0) is 6.54 Å². The van der Waals surface area contributed by atoms with Gasteiger partial charge >= 0.3 is 0 Å². The number of halogens is 1. The minimum atomic E-state index is 0.576. The van der Waals surface area contributed by atoms with Crippen LogP contribution in [0.1, 0.15) is 23.3 Å². The molecule has 0 unspecified atom stereocenters. The number of thiocarbonyl (C=S) groups is 1. The summed E-state index contributed by atoms with van der Waals surface area (Å²) >= 11 is 13.5. The Hall–Kier alpha value is -1.10. The van der Waals surface area contributed by atoms with Gasteiger partial charge in [0.2, 0.25) is 0 Å². The quantitative estimate of drug-likeness (QED) is 0.784. The largest absolute Gasteiger partial charge is 0.341 e. The molecule has 0 spiro atoms. The summed E-state index contributed by atoms with van der Waals surface area (Å²) in [5.74, 6) is 0. The molecule has 0 aliphatic heterocycles. The second-order valence-electron chi connectivity index (χ2n) is 5.33. The Balaban J connectivity index is 1.73. The third-order valence-electron chi connectivity index (χ3n) is 3.60. The summed E-state index contributed by atoms with van der Waals surface area (Å²) in [6.45, 7) is 2.94. The summed E-state index contributed by atoms with van der Waals surface area (Å²) in [5.41, 5.74) is 2.14. The van der Waals surface area contributed by atoms with E-state index in [2.05, 4.69) is 34.7 Å². The van der Waals surface area contributed by atoms with Crippen LogP contribution in [-0.4, -0.2) is 16.1 Å². The molecule has 1 fully saturated rings. The number of anilines is 1. The SMILES string of the molecule is Cc1ccc(Cl)cc1NC(=S)N(Cc1cccs1)C1CC1. The van der Waals surface area contributed by atoms with E-state index in [-0.39, 0.29) is 0 Å². The molecule has 0 amide bonds. The fraction of sp³-hybridized carbons (Fsp3) is 0.312. The molecule has 0 saturated heterocycles. The molecule has 1 aromatic carbocycles. The lowest BCUT2D eigenvalue weighted by molar-refractivity contribution is 0.413. The van der Waals surface area contributed by atoms with Crippen molar-refractivity contribution in [3.05, 3.63) is 51.2 Å². The van der Waals surface area contributed by atoms with Gasteiger partial charge in [0, 0.05) is 21.6 Å². The van der Waals surface area contributed by atoms with Crippen molar-refractivity contribution in [2.45, 2.75) is 32.4 Å². The molecule has 0 radical (unpaired) electrons. The highest BCUT2D eigenvalue weighted by Gasteiger charge is 2.31. The zero-order chi connectivity index (χ0) is 14.8. The highest BCUT2D eigenvalue weighted by atomic mass is 35.5. The lowest BCUT2D eigenvalue weighted by atomic mass is 10.2. The molecule has 1 N–H and O–H groups in total. The van der Waals surface area contributed by atoms with Gasteiger partial charge in [-0.2, -0.15) is 0 Å². The number of nitrogens with zero attached hydrogens (tertiary/aromatic N) is 1. The maximum Gasteiger partial charge on any atom is 0.174 e. The van der Waals surface area contributed by atoms with Crippen molar-refractivity contribution in [1.29, 1.82) is 0 Å². The molecule has 1 saturated carbocycles. The van der Waals surface area contributed by atoms with Gasteiger partial charge in [-0.3, -0.25) is 0 Å². The minimum absolute atomic E-state index is 0.576. The van der Waals surface area contributed by atoms with Gasteiger partial charge in [-0.15, -0.1) is 11.3 Å². The Morgan fingerprint density at radius 2 is 2.24 bits per heavy atom. The van der Waals surface area contributed by atoms with Crippen LogP contribution in [0, 0.1) is 6.92 Å². The van der Waals surface area contributed by atoms with Crippen molar-refractivity contribution in [3.63, 3.8) is 0 Å². The van der Waals surface area contributed by atoms with Crippen molar-refractivity contribution in [2.75, 3.05) is 5.32 Å². The minimum Gasteiger partial charge on any atom is -0.341 e. The lowest BCUT2D eigenvalue weighted by Crippen LogP contribution is -2.36. The van der Waals surface area contributed by atoms with Crippen LogP contribution in [0.25, 0.3) is 0 Å². The predicted molar refractivity (Wildman–Crippen MR) is 95.3 cm³/mol. The molecular formula is C16H17ClN2S2. The van der Waals surface area contributed by atoms with Crippen molar-refractivity contribution >= 4 is 46.0 Å². The van der Waals surface area contributed by atoms with Gasteiger partial charge in [0.15, 0.2) is 5.11 Å². The van der Waals surface area contributed by atoms with E-state index in [1.807, 2.05) is 18.2 Å². The first-order valence-electron chi connectivity index (χ1n) is 6.99. The lowest BCUT2D eigenvalue weighted by Gasteiger charge is -2.26. The monoisotopic (exact) mass is 336 g/mol. The van der Waals surface area contributed by atoms with Crippen LogP contribution in [0.15, 0.2) is 35.7 Å². The maximum atomic E-state index is 6.07. The van der Waals surface area contributed by atoms with Crippen molar-refractivity contribution in [1.82, 2.24) is 4.90 Å². The zero-order valence-electron chi connectivity index (χ0n) is 11.8. The number of aryl methyl sites for hydroxylation is 1. The van der Waals surface area contributed by atoms with Gasteiger partial charge in [-0.05, 0) is 61.1 Å². The summed E-state index contributed by atoms with van der Waals surface area (Å²) in [4.78, 5) is 3.63. The highest BCUT2D eigenvalue weighted by molar-refractivity contribution is 7.80. The smallest absolute Gasteiger partial charge is 0.174 e. The third-order valence-corrected chi connectivity index (χ3v) is 5.03. The molecule has 2 aromatic rings. The fourth-order valence-corrected chi connectivity index (χ4v) is 3.44. The van der Waals surface area contributed by atoms with E-state index in [1.54, 1.807) is 11.3 Å². The third kappa shape index (κ3) is 3.76. The first-order chi connectivity index (χ1) is 10.1. The van der Waals surface area contributed by atoms with Crippen LogP contribution in [0.3, 0.4) is 0 Å². The number of nitrogens with one attached hydrogen (secondary N) is 1. The molecule has 1 aliphatic carbocycles. The summed E-state index contributed by atoms with van der Waals surface area (Å²) in [6, 6.07) is 10.7. The number of benzene rings is 1. The van der Waals surface area contributed by atoms with Gasteiger partial charge in [0.05, 0.1) is 6.54 Å². The van der Waals surface area contributed by atoms with Gasteiger partial charge < -0.3 is 10.2 Å². The van der Waals surface area contributed by atoms with E-state index < -0.39 is 0 Å². The molecule has 110 valence electrons. The first kappa shape index (κ1) is 14.8. The van der Waals surface area contributed by atoms with Crippen molar-refractivity contribution in [2.24, 2.45) is 0 Å². The summed E-state index contributed by atoms with van der Waals surface area (Å²) in [6.07, 6.45) is 2.45.